The van der Waals surface area contributed by atoms with Gasteiger partial charge in [-0.15, -0.1) is 0 Å². The highest BCUT2D eigenvalue weighted by atomic mass is 16.5. The average molecular weight is 328 g/mol. The van der Waals surface area contributed by atoms with E-state index in [1.54, 1.807) is 24.3 Å². The molecule has 0 unspecified atom stereocenters. The van der Waals surface area contributed by atoms with Crippen LogP contribution in [0.1, 0.15) is 22.8 Å². The Hall–Kier alpha value is -2.86. The molecule has 0 aliphatic carbocycles. The van der Waals surface area contributed by atoms with Crippen LogP contribution in [0.2, 0.25) is 0 Å². The van der Waals surface area contributed by atoms with Crippen LogP contribution in [0.15, 0.2) is 54.6 Å². The molecular formula is C18H20N2O4. The molecule has 0 aromatic heterocycles. The molecule has 2 rings (SSSR count). The van der Waals surface area contributed by atoms with Crippen molar-refractivity contribution in [3.63, 3.8) is 0 Å². The zero-order valence-corrected chi connectivity index (χ0v) is 13.5. The monoisotopic (exact) mass is 328 g/mol. The van der Waals surface area contributed by atoms with Crippen LogP contribution in [0.4, 0.5) is 0 Å². The molecule has 24 heavy (non-hydrogen) atoms. The zero-order valence-electron chi connectivity index (χ0n) is 13.5. The molecule has 2 amide bonds. The van der Waals surface area contributed by atoms with Gasteiger partial charge in [0.2, 0.25) is 0 Å². The number of benzene rings is 2. The second-order valence-electron chi connectivity index (χ2n) is 4.94. The van der Waals surface area contributed by atoms with Gasteiger partial charge in [-0.05, 0) is 36.8 Å². The van der Waals surface area contributed by atoms with Gasteiger partial charge in [0.05, 0.1) is 13.2 Å². The average Bonchev–Trinajstić information content (AvgIpc) is 2.61. The normalized spacial score (nSPS) is 10.0. The molecule has 0 heterocycles. The summed E-state index contributed by atoms with van der Waals surface area (Å²) in [6.45, 7) is 2.64. The summed E-state index contributed by atoms with van der Waals surface area (Å²) >= 11 is 0. The van der Waals surface area contributed by atoms with Crippen LogP contribution in [-0.4, -0.2) is 25.0 Å². The number of rotatable bonds is 7. The number of hydrazine groups is 1. The van der Waals surface area contributed by atoms with Gasteiger partial charge in [-0.1, -0.05) is 30.3 Å². The quantitative estimate of drug-likeness (QED) is 0.763. The molecular weight excluding hydrogens is 308 g/mol. The van der Waals surface area contributed by atoms with Gasteiger partial charge in [-0.3, -0.25) is 20.4 Å². The van der Waals surface area contributed by atoms with E-state index in [1.807, 2.05) is 37.3 Å². The van der Waals surface area contributed by atoms with Crippen molar-refractivity contribution in [1.82, 2.24) is 10.9 Å². The lowest BCUT2D eigenvalue weighted by Gasteiger charge is -2.09. The van der Waals surface area contributed by atoms with Gasteiger partial charge < -0.3 is 9.47 Å². The predicted octanol–water partition coefficient (Wildman–Crippen LogP) is 2.06. The first kappa shape index (κ1) is 17.5. The van der Waals surface area contributed by atoms with Crippen LogP contribution in [0, 0.1) is 0 Å². The van der Waals surface area contributed by atoms with Crippen LogP contribution in [0.25, 0.3) is 0 Å². The third-order valence-corrected chi connectivity index (χ3v) is 3.09. The molecule has 126 valence electrons. The summed E-state index contributed by atoms with van der Waals surface area (Å²) in [6, 6.07) is 16.2. The molecule has 0 aliphatic rings. The Morgan fingerprint density at radius 1 is 0.958 bits per heavy atom. The maximum Gasteiger partial charge on any atom is 0.269 e. The van der Waals surface area contributed by atoms with Crippen molar-refractivity contribution in [2.45, 2.75) is 13.5 Å². The Morgan fingerprint density at radius 2 is 1.67 bits per heavy atom. The topological polar surface area (TPSA) is 76.7 Å². The molecule has 0 saturated heterocycles. The first-order valence-electron chi connectivity index (χ1n) is 7.62. The molecule has 2 N–H and O–H groups in total. The highest BCUT2D eigenvalue weighted by Gasteiger charge is 2.07. The van der Waals surface area contributed by atoms with Crippen LogP contribution < -0.4 is 15.6 Å². The largest absolute Gasteiger partial charge is 0.494 e. The minimum absolute atomic E-state index is 0.140. The van der Waals surface area contributed by atoms with E-state index in [9.17, 15) is 9.59 Å². The predicted molar refractivity (Wildman–Crippen MR) is 89.3 cm³/mol. The Morgan fingerprint density at radius 3 is 2.33 bits per heavy atom. The summed E-state index contributed by atoms with van der Waals surface area (Å²) in [4.78, 5) is 23.5. The van der Waals surface area contributed by atoms with Crippen LogP contribution >= 0.6 is 0 Å². The lowest BCUT2D eigenvalue weighted by molar-refractivity contribution is -0.126. The van der Waals surface area contributed by atoms with Crippen molar-refractivity contribution in [2.75, 3.05) is 13.2 Å². The van der Waals surface area contributed by atoms with Crippen molar-refractivity contribution in [3.05, 3.63) is 65.7 Å². The number of carbonyl (C=O) groups is 2. The highest BCUT2D eigenvalue weighted by molar-refractivity contribution is 5.95. The van der Waals surface area contributed by atoms with Crippen LogP contribution in [-0.2, 0) is 16.1 Å². The maximum atomic E-state index is 11.9. The van der Waals surface area contributed by atoms with E-state index in [-0.39, 0.29) is 6.61 Å². The maximum absolute atomic E-state index is 11.9. The Kier molecular flexibility index (Phi) is 6.79. The van der Waals surface area contributed by atoms with Crippen molar-refractivity contribution in [1.29, 1.82) is 0 Å². The minimum Gasteiger partial charge on any atom is -0.494 e. The van der Waals surface area contributed by atoms with Gasteiger partial charge >= 0.3 is 0 Å². The molecule has 0 saturated carbocycles. The summed E-state index contributed by atoms with van der Waals surface area (Å²) in [5.41, 5.74) is 6.05. The first-order valence-corrected chi connectivity index (χ1v) is 7.62. The van der Waals surface area contributed by atoms with E-state index >= 15 is 0 Å². The number of carbonyl (C=O) groups excluding carboxylic acids is 2. The van der Waals surface area contributed by atoms with Gasteiger partial charge in [0.1, 0.15) is 12.4 Å². The summed E-state index contributed by atoms with van der Waals surface area (Å²) in [6.07, 6.45) is 0. The molecule has 0 bridgehead atoms. The van der Waals surface area contributed by atoms with E-state index in [0.717, 1.165) is 5.56 Å². The third-order valence-electron chi connectivity index (χ3n) is 3.09. The third kappa shape index (κ3) is 5.73. The molecule has 6 nitrogen and oxygen atoms in total. The molecule has 0 spiro atoms. The van der Waals surface area contributed by atoms with Crippen molar-refractivity contribution in [3.8, 4) is 5.75 Å². The van der Waals surface area contributed by atoms with E-state index in [0.29, 0.717) is 24.5 Å². The van der Waals surface area contributed by atoms with E-state index in [4.69, 9.17) is 9.47 Å². The SMILES string of the molecule is CCOc1ccc(C(=O)NNC(=O)COCc2ccccc2)cc1. The van der Waals surface area contributed by atoms with Crippen LogP contribution in [0.3, 0.4) is 0 Å². The first-order chi connectivity index (χ1) is 11.7. The molecule has 0 atom stereocenters. The summed E-state index contributed by atoms with van der Waals surface area (Å²) in [7, 11) is 0. The second kappa shape index (κ2) is 9.32. The Bertz CT molecular complexity index is 656. The molecule has 0 radical (unpaired) electrons. The number of hydrogen-bond acceptors (Lipinski definition) is 4. The van der Waals surface area contributed by atoms with Gasteiger partial charge in [0.15, 0.2) is 0 Å². The summed E-state index contributed by atoms with van der Waals surface area (Å²) < 4.78 is 10.6. The number of nitrogens with one attached hydrogen (secondary N) is 2. The van der Waals surface area contributed by atoms with Gasteiger partial charge in [-0.25, -0.2) is 0 Å². The number of amides is 2. The van der Waals surface area contributed by atoms with Crippen molar-refractivity contribution >= 4 is 11.8 Å². The Labute approximate surface area is 140 Å². The zero-order chi connectivity index (χ0) is 17.2. The fourth-order valence-corrected chi connectivity index (χ4v) is 1.94. The molecule has 2 aromatic carbocycles. The molecule has 0 aliphatic heterocycles. The standard InChI is InChI=1S/C18H20N2O4/c1-2-24-16-10-8-15(9-11-16)18(22)20-19-17(21)13-23-12-14-6-4-3-5-7-14/h3-11H,2,12-13H2,1H3,(H,19,21)(H,20,22). The highest BCUT2D eigenvalue weighted by Crippen LogP contribution is 2.11. The van der Waals surface area contributed by atoms with E-state index in [2.05, 4.69) is 10.9 Å². The smallest absolute Gasteiger partial charge is 0.269 e. The Balaban J connectivity index is 1.69. The van der Waals surface area contributed by atoms with Gasteiger partial charge in [-0.2, -0.15) is 0 Å². The van der Waals surface area contributed by atoms with Crippen LogP contribution in [0.5, 0.6) is 5.75 Å². The lowest BCUT2D eigenvalue weighted by Crippen LogP contribution is -2.43. The number of ether oxygens (including phenoxy) is 2. The summed E-state index contributed by atoms with van der Waals surface area (Å²) in [5.74, 6) is -0.146. The molecule has 0 fully saturated rings. The van der Waals surface area contributed by atoms with Crippen molar-refractivity contribution in [2.24, 2.45) is 0 Å². The molecule has 2 aromatic rings. The van der Waals surface area contributed by atoms with Crippen molar-refractivity contribution < 1.29 is 19.1 Å². The lowest BCUT2D eigenvalue weighted by atomic mass is 10.2. The minimum atomic E-state index is -0.426. The summed E-state index contributed by atoms with van der Waals surface area (Å²) in [5, 5.41) is 0. The van der Waals surface area contributed by atoms with Gasteiger partial charge in [0, 0.05) is 5.56 Å². The number of hydrogen-bond donors (Lipinski definition) is 2. The van der Waals surface area contributed by atoms with E-state index < -0.39 is 11.8 Å². The van der Waals surface area contributed by atoms with E-state index in [1.165, 1.54) is 0 Å². The fourth-order valence-electron chi connectivity index (χ4n) is 1.94. The van der Waals surface area contributed by atoms with Gasteiger partial charge in [0.25, 0.3) is 11.8 Å². The second-order valence-corrected chi connectivity index (χ2v) is 4.94. The molecule has 6 heteroatoms. The fraction of sp³-hybridized carbons (Fsp3) is 0.222.